The molecule has 0 radical (unpaired) electrons. The molecule has 0 bridgehead atoms. The maximum absolute atomic E-state index is 10.8. The molecule has 0 aliphatic rings. The molecule has 0 spiro atoms. The minimum absolute atomic E-state index is 0.0557. The average molecular weight is 210 g/mol. The van der Waals surface area contributed by atoms with Gasteiger partial charge >= 0.3 is 13.6 Å². The van der Waals surface area contributed by atoms with Crippen molar-refractivity contribution in [1.29, 1.82) is 0 Å². The van der Waals surface area contributed by atoms with E-state index < -0.39 is 19.2 Å². The van der Waals surface area contributed by atoms with Crippen molar-refractivity contribution in [2.45, 2.75) is 32.3 Å². The number of rotatable bonds is 5. The normalized spacial score (nSPS) is 13.8. The van der Waals surface area contributed by atoms with E-state index in [0.29, 0.717) is 6.61 Å². The van der Waals surface area contributed by atoms with Crippen LogP contribution in [0.5, 0.6) is 0 Å². The molecule has 13 heavy (non-hydrogen) atoms. The van der Waals surface area contributed by atoms with Crippen LogP contribution in [-0.4, -0.2) is 28.0 Å². The molecule has 0 saturated heterocycles. The largest absolute Gasteiger partial charge is 0.466 e. The Hall–Kier alpha value is -0.380. The first-order chi connectivity index (χ1) is 5.88. The number of ether oxygens (including phenoxy) is 1. The van der Waals surface area contributed by atoms with Gasteiger partial charge in [0.15, 0.2) is 0 Å². The highest BCUT2D eigenvalue weighted by Gasteiger charge is 2.24. The Morgan fingerprint density at radius 2 is 2.08 bits per heavy atom. The first-order valence-electron chi connectivity index (χ1n) is 4.08. The van der Waals surface area contributed by atoms with E-state index in [4.69, 9.17) is 9.79 Å². The van der Waals surface area contributed by atoms with Gasteiger partial charge in [-0.3, -0.25) is 9.36 Å². The lowest BCUT2D eigenvalue weighted by molar-refractivity contribution is -0.143. The maximum Gasteiger partial charge on any atom is 0.328 e. The first kappa shape index (κ1) is 12.6. The highest BCUT2D eigenvalue weighted by Crippen LogP contribution is 2.42. The topological polar surface area (TPSA) is 83.8 Å². The van der Waals surface area contributed by atoms with E-state index in [-0.39, 0.29) is 12.8 Å². The number of hydrogen-bond donors (Lipinski definition) is 2. The molecule has 1 atom stereocenters. The van der Waals surface area contributed by atoms with E-state index in [2.05, 4.69) is 4.74 Å². The van der Waals surface area contributed by atoms with Gasteiger partial charge in [0.05, 0.1) is 12.3 Å². The molecule has 5 nitrogen and oxygen atoms in total. The number of carbonyl (C=O) groups is 1. The van der Waals surface area contributed by atoms with Gasteiger partial charge in [0.1, 0.15) is 0 Å². The quantitative estimate of drug-likeness (QED) is 0.520. The first-order valence-corrected chi connectivity index (χ1v) is 5.77. The zero-order valence-corrected chi connectivity index (χ0v) is 8.66. The summed E-state index contributed by atoms with van der Waals surface area (Å²) in [5.74, 6) is -0.414. The molecular weight excluding hydrogens is 195 g/mol. The lowest BCUT2D eigenvalue weighted by Crippen LogP contribution is -2.09. The Morgan fingerprint density at radius 1 is 1.54 bits per heavy atom. The van der Waals surface area contributed by atoms with Crippen molar-refractivity contribution in [3.8, 4) is 0 Å². The van der Waals surface area contributed by atoms with Crippen LogP contribution in [0, 0.1) is 0 Å². The lowest BCUT2D eigenvalue weighted by atomic mass is 10.2. The van der Waals surface area contributed by atoms with Crippen LogP contribution in [0.4, 0.5) is 0 Å². The van der Waals surface area contributed by atoms with E-state index in [9.17, 15) is 9.36 Å². The maximum atomic E-state index is 10.8. The predicted molar refractivity (Wildman–Crippen MR) is 47.4 cm³/mol. The molecule has 6 heteroatoms. The monoisotopic (exact) mass is 210 g/mol. The third kappa shape index (κ3) is 5.80. The summed E-state index contributed by atoms with van der Waals surface area (Å²) in [7, 11) is -4.04. The molecule has 0 fully saturated rings. The number of carbonyl (C=O) groups excluding carboxylic acids is 1. The molecule has 0 aromatic carbocycles. The van der Waals surface area contributed by atoms with Crippen molar-refractivity contribution in [3.63, 3.8) is 0 Å². The van der Waals surface area contributed by atoms with Crippen molar-refractivity contribution < 1.29 is 23.9 Å². The van der Waals surface area contributed by atoms with Crippen LogP contribution >= 0.6 is 7.60 Å². The third-order valence-corrected chi connectivity index (χ3v) is 3.05. The fraction of sp³-hybridized carbons (Fsp3) is 0.857. The highest BCUT2D eigenvalue weighted by atomic mass is 31.2. The van der Waals surface area contributed by atoms with E-state index >= 15 is 0 Å². The minimum Gasteiger partial charge on any atom is -0.466 e. The van der Waals surface area contributed by atoms with Gasteiger partial charge in [0, 0.05) is 6.42 Å². The summed E-state index contributed by atoms with van der Waals surface area (Å²) < 4.78 is 15.3. The molecule has 0 heterocycles. The second kappa shape index (κ2) is 5.37. The molecule has 0 aromatic heterocycles. The predicted octanol–water partition coefficient (Wildman–Crippen LogP) is 0.896. The molecule has 0 aromatic rings. The summed E-state index contributed by atoms with van der Waals surface area (Å²) >= 11 is 0. The third-order valence-electron chi connectivity index (χ3n) is 1.65. The summed E-state index contributed by atoms with van der Waals surface area (Å²) in [6, 6.07) is 0. The summed E-state index contributed by atoms with van der Waals surface area (Å²) in [5.41, 5.74) is -0.781. The van der Waals surface area contributed by atoms with Crippen LogP contribution in [-0.2, 0) is 14.1 Å². The van der Waals surface area contributed by atoms with Gasteiger partial charge in [0.25, 0.3) is 0 Å². The van der Waals surface area contributed by atoms with Crippen LogP contribution in [0.2, 0.25) is 0 Å². The standard InChI is InChI=1S/C7H15O5P/c1-3-12-7(8)5-4-6(2)13(9,10)11/h6H,3-5H2,1-2H3,(H2,9,10,11). The number of hydrogen-bond acceptors (Lipinski definition) is 3. The van der Waals surface area contributed by atoms with Crippen molar-refractivity contribution in [2.75, 3.05) is 6.61 Å². The van der Waals surface area contributed by atoms with Crippen molar-refractivity contribution in [1.82, 2.24) is 0 Å². The van der Waals surface area contributed by atoms with Crippen LogP contribution < -0.4 is 0 Å². The van der Waals surface area contributed by atoms with Gasteiger partial charge in [-0.15, -0.1) is 0 Å². The van der Waals surface area contributed by atoms with E-state index in [1.54, 1.807) is 6.92 Å². The molecule has 0 rings (SSSR count). The van der Waals surface area contributed by atoms with Crippen molar-refractivity contribution >= 4 is 13.6 Å². The Bertz CT molecular complexity index is 209. The fourth-order valence-electron chi connectivity index (χ4n) is 0.728. The molecule has 0 aliphatic carbocycles. The Labute approximate surface area is 77.3 Å². The lowest BCUT2D eigenvalue weighted by Gasteiger charge is -2.11. The Balaban J connectivity index is 3.77. The highest BCUT2D eigenvalue weighted by molar-refractivity contribution is 7.52. The van der Waals surface area contributed by atoms with Crippen LogP contribution in [0.3, 0.4) is 0 Å². The Morgan fingerprint density at radius 3 is 2.46 bits per heavy atom. The van der Waals surface area contributed by atoms with Gasteiger partial charge in [-0.05, 0) is 13.3 Å². The zero-order chi connectivity index (χ0) is 10.5. The summed E-state index contributed by atoms with van der Waals surface area (Å²) in [6.45, 7) is 3.40. The molecule has 1 unspecified atom stereocenters. The second-order valence-electron chi connectivity index (χ2n) is 2.78. The summed E-state index contributed by atoms with van der Waals surface area (Å²) in [4.78, 5) is 28.2. The number of esters is 1. The van der Waals surface area contributed by atoms with Crippen LogP contribution in [0.15, 0.2) is 0 Å². The summed E-state index contributed by atoms with van der Waals surface area (Å²) in [5, 5.41) is 0. The van der Waals surface area contributed by atoms with Gasteiger partial charge < -0.3 is 14.5 Å². The zero-order valence-electron chi connectivity index (χ0n) is 7.77. The Kier molecular flexibility index (Phi) is 5.21. The van der Waals surface area contributed by atoms with Crippen LogP contribution in [0.1, 0.15) is 26.7 Å². The van der Waals surface area contributed by atoms with Gasteiger partial charge in [0.2, 0.25) is 0 Å². The van der Waals surface area contributed by atoms with E-state index in [1.807, 2.05) is 0 Å². The molecule has 0 amide bonds. The average Bonchev–Trinajstić information content (AvgIpc) is 1.99. The van der Waals surface area contributed by atoms with Gasteiger partial charge in [-0.1, -0.05) is 6.92 Å². The van der Waals surface area contributed by atoms with E-state index in [0.717, 1.165) is 0 Å². The minimum atomic E-state index is -4.04. The van der Waals surface area contributed by atoms with Crippen LogP contribution in [0.25, 0.3) is 0 Å². The van der Waals surface area contributed by atoms with Gasteiger partial charge in [-0.2, -0.15) is 0 Å². The van der Waals surface area contributed by atoms with Gasteiger partial charge in [-0.25, -0.2) is 0 Å². The molecule has 2 N–H and O–H groups in total. The molecule has 0 aliphatic heterocycles. The van der Waals surface area contributed by atoms with Crippen molar-refractivity contribution in [2.24, 2.45) is 0 Å². The molecule has 0 saturated carbocycles. The molecular formula is C7H15O5P. The second-order valence-corrected chi connectivity index (χ2v) is 4.84. The van der Waals surface area contributed by atoms with Crippen molar-refractivity contribution in [3.05, 3.63) is 0 Å². The van der Waals surface area contributed by atoms with E-state index in [1.165, 1.54) is 6.92 Å². The molecule has 78 valence electrons. The summed E-state index contributed by atoms with van der Waals surface area (Å²) in [6.07, 6.45) is 0.212. The smallest absolute Gasteiger partial charge is 0.328 e. The SMILES string of the molecule is CCOC(=O)CCC(C)P(=O)(O)O. The fourth-order valence-corrected chi connectivity index (χ4v) is 1.19.